The average molecular weight is 248 g/mol. The number of halogens is 1. The van der Waals surface area contributed by atoms with Gasteiger partial charge in [0.25, 0.3) is 0 Å². The first kappa shape index (κ1) is 7.39. The summed E-state index contributed by atoms with van der Waals surface area (Å²) in [5, 5.41) is 11.1. The second kappa shape index (κ2) is 3.45. The van der Waals surface area contributed by atoms with Gasteiger partial charge in [0.15, 0.2) is 5.49 Å². The van der Waals surface area contributed by atoms with E-state index in [2.05, 4.69) is 32.7 Å². The predicted molar refractivity (Wildman–Crippen MR) is 45.2 cm³/mol. The Morgan fingerprint density at radius 1 is 1.70 bits per heavy atom. The summed E-state index contributed by atoms with van der Waals surface area (Å²) < 4.78 is 3.21. The van der Waals surface area contributed by atoms with E-state index in [4.69, 9.17) is 5.41 Å². The maximum absolute atomic E-state index is 7.26. The maximum atomic E-state index is 7.26. The van der Waals surface area contributed by atoms with Crippen LogP contribution in [0.1, 0.15) is 0 Å². The molecule has 0 unspecified atom stereocenters. The van der Waals surface area contributed by atoms with Crippen LogP contribution in [0, 0.1) is 5.41 Å². The predicted octanol–water partition coefficient (Wildman–Crippen LogP) is 0.621. The van der Waals surface area contributed by atoms with Gasteiger partial charge in [-0.3, -0.25) is 5.41 Å². The highest BCUT2D eigenvalue weighted by Gasteiger charge is 1.82. The van der Waals surface area contributed by atoms with Crippen molar-refractivity contribution in [2.45, 2.75) is 0 Å². The van der Waals surface area contributed by atoms with Crippen molar-refractivity contribution >= 4 is 28.8 Å². The van der Waals surface area contributed by atoms with Gasteiger partial charge in [-0.05, 0) is 4.08 Å². The van der Waals surface area contributed by atoms with E-state index >= 15 is 0 Å². The molecule has 0 aliphatic heterocycles. The minimum absolute atomic E-state index is 0.274. The first-order chi connectivity index (χ1) is 4.84. The zero-order valence-electron chi connectivity index (χ0n) is 5.03. The van der Waals surface area contributed by atoms with Gasteiger partial charge < -0.3 is 0 Å². The van der Waals surface area contributed by atoms with E-state index in [9.17, 15) is 0 Å². The quantitative estimate of drug-likeness (QED) is 0.740. The molecule has 0 aliphatic rings. The molecule has 1 N–H and O–H groups in total. The zero-order valence-corrected chi connectivity index (χ0v) is 7.19. The Morgan fingerprint density at radius 3 is 3.10 bits per heavy atom. The molecule has 0 aliphatic carbocycles. The second-order valence-electron chi connectivity index (χ2n) is 1.51. The van der Waals surface area contributed by atoms with Crippen molar-refractivity contribution in [2.75, 3.05) is 0 Å². The minimum Gasteiger partial charge on any atom is -0.282 e. The number of hydrogen-bond acceptors (Lipinski definition) is 3. The smallest absolute Gasteiger partial charge is 0.164 e. The van der Waals surface area contributed by atoms with E-state index in [0.717, 1.165) is 0 Å². The number of nitrogens with one attached hydrogen (secondary N) is 1. The van der Waals surface area contributed by atoms with Crippen LogP contribution in [0.15, 0.2) is 16.6 Å². The molecule has 5 heteroatoms. The molecule has 1 aromatic rings. The molecular weight excluding hydrogens is 243 g/mol. The van der Waals surface area contributed by atoms with Gasteiger partial charge >= 0.3 is 0 Å². The lowest BCUT2D eigenvalue weighted by Gasteiger charge is -1.92. The lowest BCUT2D eigenvalue weighted by Crippen LogP contribution is -2.17. The van der Waals surface area contributed by atoms with Crippen LogP contribution in [-0.2, 0) is 0 Å². The van der Waals surface area contributed by atoms with Gasteiger partial charge in [0.1, 0.15) is 6.33 Å². The zero-order chi connectivity index (χ0) is 7.40. The Morgan fingerprint density at radius 2 is 2.50 bits per heavy atom. The van der Waals surface area contributed by atoms with Crippen molar-refractivity contribution in [1.82, 2.24) is 14.8 Å². The van der Waals surface area contributed by atoms with Crippen molar-refractivity contribution in [3.05, 3.63) is 22.1 Å². The van der Waals surface area contributed by atoms with Crippen LogP contribution >= 0.6 is 22.6 Å². The standard InChI is InChI=1S/C5H5IN4/c6-1-2-10-5(7)3-8-4-9-10/h1-4,7H/b2-1-,7-5?. The highest BCUT2D eigenvalue weighted by molar-refractivity contribution is 14.1. The van der Waals surface area contributed by atoms with Crippen molar-refractivity contribution < 1.29 is 0 Å². The van der Waals surface area contributed by atoms with Gasteiger partial charge in [0, 0.05) is 6.20 Å². The Labute approximate surface area is 71.3 Å². The Hall–Kier alpha value is -0.720. The summed E-state index contributed by atoms with van der Waals surface area (Å²) in [4.78, 5) is 3.67. The van der Waals surface area contributed by atoms with E-state index in [1.165, 1.54) is 17.2 Å². The monoisotopic (exact) mass is 248 g/mol. The number of hydrogen-bond donors (Lipinski definition) is 1. The van der Waals surface area contributed by atoms with Gasteiger partial charge in [-0.15, -0.1) is 0 Å². The third-order valence-corrected chi connectivity index (χ3v) is 1.21. The molecule has 1 rings (SSSR count). The first-order valence-electron chi connectivity index (χ1n) is 2.55. The van der Waals surface area contributed by atoms with Crippen LogP contribution in [0.2, 0.25) is 0 Å². The Balaban J connectivity index is 3.16. The molecule has 0 saturated carbocycles. The fraction of sp³-hybridized carbons (Fsp3) is 0. The first-order valence-corrected chi connectivity index (χ1v) is 3.79. The molecule has 0 bridgehead atoms. The molecule has 0 aromatic carbocycles. The third kappa shape index (κ3) is 1.63. The van der Waals surface area contributed by atoms with E-state index in [1.54, 1.807) is 10.3 Å². The molecule has 0 saturated heterocycles. The Bertz CT molecular complexity index is 290. The number of aromatic nitrogens is 3. The molecule has 0 radical (unpaired) electrons. The molecule has 4 nitrogen and oxygen atoms in total. The van der Waals surface area contributed by atoms with E-state index in [1.807, 2.05) is 0 Å². The topological polar surface area (TPSA) is 54.6 Å². The van der Waals surface area contributed by atoms with Gasteiger partial charge in [-0.25, -0.2) is 9.67 Å². The largest absolute Gasteiger partial charge is 0.282 e. The number of rotatable bonds is 1. The summed E-state index contributed by atoms with van der Waals surface area (Å²) in [6.07, 6.45) is 4.52. The van der Waals surface area contributed by atoms with Crippen molar-refractivity contribution in [3.8, 4) is 0 Å². The summed E-state index contributed by atoms with van der Waals surface area (Å²) in [6.45, 7) is 0. The van der Waals surface area contributed by atoms with Gasteiger partial charge in [0.05, 0.1) is 6.20 Å². The summed E-state index contributed by atoms with van der Waals surface area (Å²) in [7, 11) is 0. The number of nitrogens with zero attached hydrogens (tertiary/aromatic N) is 3. The summed E-state index contributed by atoms with van der Waals surface area (Å²) in [5.74, 6) is 0. The molecule has 1 heterocycles. The van der Waals surface area contributed by atoms with Crippen LogP contribution in [0.25, 0.3) is 6.20 Å². The average Bonchev–Trinajstić information content (AvgIpc) is 1.94. The van der Waals surface area contributed by atoms with E-state index in [-0.39, 0.29) is 5.49 Å². The lowest BCUT2D eigenvalue weighted by molar-refractivity contribution is 0.782. The minimum atomic E-state index is 0.274. The second-order valence-corrected chi connectivity index (χ2v) is 2.23. The Kier molecular flexibility index (Phi) is 2.55. The fourth-order valence-corrected chi connectivity index (χ4v) is 0.788. The van der Waals surface area contributed by atoms with E-state index < -0.39 is 0 Å². The molecule has 10 heavy (non-hydrogen) atoms. The molecular formula is C5H5IN4. The van der Waals surface area contributed by atoms with Crippen LogP contribution in [-0.4, -0.2) is 14.8 Å². The fourth-order valence-electron chi connectivity index (χ4n) is 0.483. The summed E-state index contributed by atoms with van der Waals surface area (Å²) >= 11 is 2.06. The van der Waals surface area contributed by atoms with Gasteiger partial charge in [-0.1, -0.05) is 22.6 Å². The van der Waals surface area contributed by atoms with Gasteiger partial charge in [-0.2, -0.15) is 5.10 Å². The van der Waals surface area contributed by atoms with Crippen molar-refractivity contribution in [1.29, 1.82) is 5.41 Å². The van der Waals surface area contributed by atoms with Crippen molar-refractivity contribution in [2.24, 2.45) is 0 Å². The molecule has 0 spiro atoms. The molecule has 0 amide bonds. The lowest BCUT2D eigenvalue weighted by atomic mass is 10.8. The van der Waals surface area contributed by atoms with Crippen LogP contribution in [0.5, 0.6) is 0 Å². The van der Waals surface area contributed by atoms with Crippen molar-refractivity contribution in [3.63, 3.8) is 0 Å². The van der Waals surface area contributed by atoms with Crippen LogP contribution < -0.4 is 5.49 Å². The maximum Gasteiger partial charge on any atom is 0.164 e. The normalized spacial score (nSPS) is 10.5. The molecule has 52 valence electrons. The molecule has 0 atom stereocenters. The van der Waals surface area contributed by atoms with E-state index in [0.29, 0.717) is 0 Å². The van der Waals surface area contributed by atoms with Crippen LogP contribution in [0.4, 0.5) is 0 Å². The molecule has 1 aromatic heterocycles. The molecule has 0 fully saturated rings. The van der Waals surface area contributed by atoms with Crippen LogP contribution in [0.3, 0.4) is 0 Å². The SMILES string of the molecule is N=c1cncnn1/C=C\I. The van der Waals surface area contributed by atoms with Gasteiger partial charge in [0.2, 0.25) is 0 Å². The highest BCUT2D eigenvalue weighted by Crippen LogP contribution is 1.83. The summed E-state index contributed by atoms with van der Waals surface area (Å²) in [6, 6.07) is 0. The highest BCUT2D eigenvalue weighted by atomic mass is 127. The summed E-state index contributed by atoms with van der Waals surface area (Å²) in [5.41, 5.74) is 0.274. The third-order valence-electron chi connectivity index (χ3n) is 0.884.